The van der Waals surface area contributed by atoms with Crippen molar-refractivity contribution >= 4 is 47.3 Å². The monoisotopic (exact) mass is 535 g/mol. The molecule has 1 aromatic heterocycles. The number of H-pyrrole nitrogens is 1. The maximum Gasteiger partial charge on any atom is 0.352 e. The van der Waals surface area contributed by atoms with Crippen LogP contribution in [0.5, 0.6) is 0 Å². The predicted octanol–water partition coefficient (Wildman–Crippen LogP) is -0.590. The zero-order chi connectivity index (χ0) is 25.8. The van der Waals surface area contributed by atoms with Crippen LogP contribution in [0, 0.1) is 0 Å². The lowest BCUT2D eigenvalue weighted by atomic mass is 9.98. The molecule has 3 aliphatic rings. The lowest BCUT2D eigenvalue weighted by Crippen LogP contribution is -2.70. The highest BCUT2D eigenvalue weighted by Crippen LogP contribution is 2.44. The molecule has 4 rings (SSSR count). The molecule has 1 fully saturated rings. The number of tetrazole rings is 1. The number of thioether (sulfide) groups is 2. The van der Waals surface area contributed by atoms with E-state index in [0.717, 1.165) is 17.3 Å². The molecule has 2 unspecified atom stereocenters. The molecule has 0 spiro atoms. The van der Waals surface area contributed by atoms with Gasteiger partial charge in [0, 0.05) is 36.1 Å². The fourth-order valence-corrected chi connectivity index (χ4v) is 6.70. The van der Waals surface area contributed by atoms with E-state index >= 15 is 0 Å². The lowest BCUT2D eigenvalue weighted by molar-refractivity contribution is -0.150. The highest BCUT2D eigenvalue weighted by molar-refractivity contribution is 8.01. The van der Waals surface area contributed by atoms with Crippen molar-refractivity contribution in [2.75, 3.05) is 12.3 Å². The van der Waals surface area contributed by atoms with Crippen LogP contribution in [0.1, 0.15) is 25.7 Å². The number of nitrogens with zero attached hydrogens (tertiary/aromatic N) is 4. The van der Waals surface area contributed by atoms with Crippen molar-refractivity contribution in [3.05, 3.63) is 34.7 Å². The summed E-state index contributed by atoms with van der Waals surface area (Å²) in [7, 11) is 0. The van der Waals surface area contributed by atoms with Gasteiger partial charge < -0.3 is 27.2 Å². The Balaban J connectivity index is 1.50. The van der Waals surface area contributed by atoms with Crippen molar-refractivity contribution in [1.82, 2.24) is 36.2 Å². The van der Waals surface area contributed by atoms with Crippen LogP contribution in [0.3, 0.4) is 0 Å². The molecule has 3 atom stereocenters. The minimum Gasteiger partial charge on any atom is -0.477 e. The summed E-state index contributed by atoms with van der Waals surface area (Å²) in [6.45, 7) is 0.177. The van der Waals surface area contributed by atoms with E-state index in [1.807, 2.05) is 12.2 Å². The number of aliphatic carboxylic acids is 1. The van der Waals surface area contributed by atoms with E-state index in [1.54, 1.807) is 0 Å². The van der Waals surface area contributed by atoms with Gasteiger partial charge in [-0.15, -0.1) is 22.0 Å². The Morgan fingerprint density at radius 2 is 2.11 bits per heavy atom. The average Bonchev–Trinajstić information content (AvgIpc) is 3.35. The molecule has 192 valence electrons. The molecular weight excluding hydrogens is 510 g/mol. The number of fused-ring (bicyclic) bond motifs is 1. The number of allylic oxidation sites excluding steroid dienone is 2. The number of β-lactam (4-membered cyclic amide) rings is 1. The number of carbonyl (C=O) groups excluding carboxylic acids is 3. The van der Waals surface area contributed by atoms with E-state index in [4.69, 9.17) is 11.5 Å². The molecule has 0 radical (unpaired) electrons. The van der Waals surface area contributed by atoms with Gasteiger partial charge in [0.1, 0.15) is 17.1 Å². The van der Waals surface area contributed by atoms with Gasteiger partial charge in [-0.1, -0.05) is 23.9 Å². The summed E-state index contributed by atoms with van der Waals surface area (Å²) in [6.07, 6.45) is 5.45. The van der Waals surface area contributed by atoms with Crippen molar-refractivity contribution in [2.45, 2.75) is 47.5 Å². The number of amides is 4. The third-order valence-corrected chi connectivity index (χ3v) is 8.37. The molecule has 0 bridgehead atoms. The van der Waals surface area contributed by atoms with Crippen molar-refractivity contribution in [1.29, 1.82) is 0 Å². The topological polar surface area (TPSA) is 222 Å². The van der Waals surface area contributed by atoms with Crippen LogP contribution < -0.4 is 22.1 Å². The number of carbonyl (C=O) groups is 4. The summed E-state index contributed by atoms with van der Waals surface area (Å²) in [5, 5.41) is 28.2. The van der Waals surface area contributed by atoms with E-state index in [1.165, 1.54) is 16.7 Å². The van der Waals surface area contributed by atoms with Gasteiger partial charge in [-0.2, -0.15) is 5.21 Å². The molecule has 4 amide bonds. The van der Waals surface area contributed by atoms with E-state index in [2.05, 4.69) is 31.3 Å². The smallest absolute Gasteiger partial charge is 0.352 e. The number of carboxylic acid groups (broad SMARTS) is 1. The molecule has 2 aliphatic heterocycles. The highest BCUT2D eigenvalue weighted by atomic mass is 32.2. The summed E-state index contributed by atoms with van der Waals surface area (Å²) in [5.74, 6) is -1.81. The van der Waals surface area contributed by atoms with Crippen molar-refractivity contribution in [3.8, 4) is 0 Å². The second-order valence-corrected chi connectivity index (χ2v) is 10.5. The Morgan fingerprint density at radius 1 is 1.33 bits per heavy atom. The Morgan fingerprint density at radius 3 is 2.78 bits per heavy atom. The Bertz CT molecular complexity index is 1150. The molecule has 1 saturated heterocycles. The second kappa shape index (κ2) is 11.0. The molecule has 3 heterocycles. The molecule has 1 aliphatic carbocycles. The number of rotatable bonds is 10. The lowest BCUT2D eigenvalue weighted by Gasteiger charge is -2.50. The average molecular weight is 536 g/mol. The Kier molecular flexibility index (Phi) is 7.83. The fraction of sp³-hybridized carbons (Fsp3) is 0.450. The maximum absolute atomic E-state index is 13.0. The SMILES string of the molecule is NC(=O)NCCC(Sc1nn[nH]n1)C1=C(C(=O)O)N2C(=O)C(NC(=O)CC3=C(N)CC=CC3)[C@@H]2SC1. The van der Waals surface area contributed by atoms with E-state index in [9.17, 15) is 24.3 Å². The zero-order valence-corrected chi connectivity index (χ0v) is 20.6. The first-order chi connectivity index (χ1) is 17.3. The number of hydrogen-bond acceptors (Lipinski definition) is 10. The first-order valence-corrected chi connectivity index (χ1v) is 12.9. The van der Waals surface area contributed by atoms with Crippen molar-refractivity contribution < 1.29 is 24.3 Å². The Labute approximate surface area is 213 Å². The third kappa shape index (κ3) is 5.48. The van der Waals surface area contributed by atoms with Crippen molar-refractivity contribution in [2.24, 2.45) is 11.5 Å². The minimum absolute atomic E-state index is 0.0838. The van der Waals surface area contributed by atoms with Gasteiger partial charge in [-0.25, -0.2) is 9.59 Å². The van der Waals surface area contributed by atoms with Crippen LogP contribution in [0.4, 0.5) is 4.79 Å². The number of nitrogens with one attached hydrogen (secondary N) is 3. The first kappa shape index (κ1) is 25.6. The quantitative estimate of drug-likeness (QED) is 0.126. The van der Waals surface area contributed by atoms with Gasteiger partial charge in [-0.3, -0.25) is 14.5 Å². The minimum atomic E-state index is -1.26. The second-order valence-electron chi connectivity index (χ2n) is 8.20. The molecular formula is C20H25N9O5S2. The summed E-state index contributed by atoms with van der Waals surface area (Å²) >= 11 is 2.52. The van der Waals surface area contributed by atoms with Gasteiger partial charge >= 0.3 is 12.0 Å². The molecule has 8 N–H and O–H groups in total. The standard InChI is InChI=1S/C20H25N9O5S2/c21-11-4-2-1-3-9(11)7-13(30)24-14-16(31)29-15(18(32)33)10(8-35-17(14)29)12(5-6-23-19(22)34)36-20-25-27-28-26-20/h1-2,12,14,17H,3-8,21H2,(H,24,30)(H,32,33)(H3,22,23,34)(H,25,26,27,28)/t12?,14?,17-/m0/s1. The van der Waals surface area contributed by atoms with Gasteiger partial charge in [0.15, 0.2) is 0 Å². The number of primary amides is 1. The molecule has 0 saturated carbocycles. The van der Waals surface area contributed by atoms with Gasteiger partial charge in [0.05, 0.1) is 0 Å². The summed E-state index contributed by atoms with van der Waals surface area (Å²) < 4.78 is 0. The summed E-state index contributed by atoms with van der Waals surface area (Å²) in [6, 6.07) is -1.54. The van der Waals surface area contributed by atoms with Gasteiger partial charge in [-0.05, 0) is 29.2 Å². The van der Waals surface area contributed by atoms with Crippen LogP contribution in [0.2, 0.25) is 0 Å². The number of nitrogens with two attached hydrogens (primary N) is 2. The van der Waals surface area contributed by atoms with E-state index in [0.29, 0.717) is 30.5 Å². The highest BCUT2D eigenvalue weighted by Gasteiger charge is 2.54. The fourth-order valence-electron chi connectivity index (χ4n) is 4.17. The van der Waals surface area contributed by atoms with E-state index < -0.39 is 34.6 Å². The predicted molar refractivity (Wildman–Crippen MR) is 130 cm³/mol. The first-order valence-electron chi connectivity index (χ1n) is 11.0. The molecule has 1 aromatic rings. The molecule has 0 aromatic carbocycles. The maximum atomic E-state index is 13.0. The van der Waals surface area contributed by atoms with Crippen LogP contribution in [0.15, 0.2) is 39.8 Å². The van der Waals surface area contributed by atoms with Crippen LogP contribution in [-0.4, -0.2) is 83.4 Å². The molecule has 14 nitrogen and oxygen atoms in total. The summed E-state index contributed by atoms with van der Waals surface area (Å²) in [4.78, 5) is 50.3. The Hall–Kier alpha value is -3.53. The van der Waals surface area contributed by atoms with Crippen LogP contribution in [0.25, 0.3) is 0 Å². The normalized spacial score (nSPS) is 22.1. The van der Waals surface area contributed by atoms with Crippen molar-refractivity contribution in [3.63, 3.8) is 0 Å². The summed E-state index contributed by atoms with van der Waals surface area (Å²) in [5.41, 5.74) is 12.9. The zero-order valence-electron chi connectivity index (χ0n) is 19.0. The largest absolute Gasteiger partial charge is 0.477 e. The number of hydrogen-bond donors (Lipinski definition) is 6. The van der Waals surface area contributed by atoms with Gasteiger partial charge in [0.25, 0.3) is 5.91 Å². The molecule has 36 heavy (non-hydrogen) atoms. The molecule has 16 heteroatoms. The van der Waals surface area contributed by atoms with E-state index in [-0.39, 0.29) is 35.5 Å². The number of aromatic amines is 1. The third-order valence-electron chi connectivity index (χ3n) is 5.88. The number of urea groups is 1. The number of carboxylic acids is 1. The van der Waals surface area contributed by atoms with Crippen LogP contribution in [-0.2, 0) is 14.4 Å². The number of aromatic nitrogens is 4. The van der Waals surface area contributed by atoms with Gasteiger partial charge in [0.2, 0.25) is 11.1 Å². The van der Waals surface area contributed by atoms with Crippen LogP contribution >= 0.6 is 23.5 Å².